The van der Waals surface area contributed by atoms with E-state index < -0.39 is 0 Å². The number of carbonyl (C=O) groups is 1. The molecule has 2 aromatic rings. The van der Waals surface area contributed by atoms with Gasteiger partial charge in [-0.05, 0) is 6.92 Å². The first-order valence-corrected chi connectivity index (χ1v) is 5.46. The second kappa shape index (κ2) is 3.69. The van der Waals surface area contributed by atoms with E-state index in [1.165, 1.54) is 0 Å². The number of amides is 1. The molecule has 7 heteroatoms. The Morgan fingerprint density at radius 1 is 1.59 bits per heavy atom. The molecule has 0 fully saturated rings. The van der Waals surface area contributed by atoms with Crippen LogP contribution in [0.5, 0.6) is 0 Å². The smallest absolute Gasteiger partial charge is 0.210 e. The minimum atomic E-state index is -0.0204. The van der Waals surface area contributed by atoms with Crippen molar-refractivity contribution in [2.45, 2.75) is 19.4 Å². The lowest BCUT2D eigenvalue weighted by Gasteiger charge is -2.28. The van der Waals surface area contributed by atoms with Crippen LogP contribution >= 0.6 is 0 Å². The van der Waals surface area contributed by atoms with Gasteiger partial charge in [-0.2, -0.15) is 9.78 Å². The SMILES string of the molecule is CC1c2nnn(-c3ccn[nH]3)c2CCN1C=O. The van der Waals surface area contributed by atoms with Crippen molar-refractivity contribution < 1.29 is 4.79 Å². The number of hydrogen-bond acceptors (Lipinski definition) is 4. The first-order chi connectivity index (χ1) is 8.31. The van der Waals surface area contributed by atoms with E-state index >= 15 is 0 Å². The lowest BCUT2D eigenvalue weighted by atomic mass is 10.1. The maximum Gasteiger partial charge on any atom is 0.210 e. The summed E-state index contributed by atoms with van der Waals surface area (Å²) in [6.07, 6.45) is 3.29. The number of rotatable bonds is 2. The zero-order valence-corrected chi connectivity index (χ0v) is 9.37. The molecular weight excluding hydrogens is 220 g/mol. The average molecular weight is 232 g/mol. The Labute approximate surface area is 97.4 Å². The standard InChI is InChI=1S/C10H12N6O/c1-7-10-8(3-5-15(7)6-17)16(14-13-10)9-2-4-11-12-9/h2,4,6-7H,3,5H2,1H3,(H,11,12). The van der Waals surface area contributed by atoms with Gasteiger partial charge < -0.3 is 4.90 Å². The van der Waals surface area contributed by atoms with Crippen LogP contribution in [0.1, 0.15) is 24.4 Å². The molecule has 0 spiro atoms. The summed E-state index contributed by atoms with van der Waals surface area (Å²) in [4.78, 5) is 12.6. The van der Waals surface area contributed by atoms with Crippen molar-refractivity contribution in [2.75, 3.05) is 6.54 Å². The number of carbonyl (C=O) groups excluding carboxylic acids is 1. The van der Waals surface area contributed by atoms with Crippen LogP contribution in [0.3, 0.4) is 0 Å². The van der Waals surface area contributed by atoms with Crippen LogP contribution in [0, 0.1) is 0 Å². The lowest BCUT2D eigenvalue weighted by Crippen LogP contribution is -2.33. The summed E-state index contributed by atoms with van der Waals surface area (Å²) in [5.41, 5.74) is 1.90. The summed E-state index contributed by atoms with van der Waals surface area (Å²) >= 11 is 0. The summed E-state index contributed by atoms with van der Waals surface area (Å²) < 4.78 is 1.75. The molecule has 1 amide bonds. The van der Waals surface area contributed by atoms with E-state index in [1.54, 1.807) is 15.8 Å². The maximum absolute atomic E-state index is 10.9. The first-order valence-electron chi connectivity index (χ1n) is 5.46. The lowest BCUT2D eigenvalue weighted by molar-refractivity contribution is -0.120. The molecule has 88 valence electrons. The molecule has 7 nitrogen and oxygen atoms in total. The predicted molar refractivity (Wildman–Crippen MR) is 58.4 cm³/mol. The van der Waals surface area contributed by atoms with E-state index in [0.29, 0.717) is 6.54 Å². The van der Waals surface area contributed by atoms with Crippen LogP contribution in [0.4, 0.5) is 0 Å². The molecule has 0 aromatic carbocycles. The molecule has 0 saturated heterocycles. The van der Waals surface area contributed by atoms with Gasteiger partial charge in [-0.25, -0.2) is 0 Å². The van der Waals surface area contributed by atoms with Crippen LogP contribution in [0.2, 0.25) is 0 Å². The number of aromatic amines is 1. The molecule has 3 heterocycles. The number of H-pyrrole nitrogens is 1. The van der Waals surface area contributed by atoms with Crippen molar-refractivity contribution in [3.05, 3.63) is 23.7 Å². The van der Waals surface area contributed by atoms with Crippen molar-refractivity contribution in [2.24, 2.45) is 0 Å². The fourth-order valence-electron chi connectivity index (χ4n) is 2.16. The molecule has 0 saturated carbocycles. The van der Waals surface area contributed by atoms with Crippen LogP contribution in [-0.2, 0) is 11.2 Å². The van der Waals surface area contributed by atoms with Crippen molar-refractivity contribution in [3.8, 4) is 5.82 Å². The van der Waals surface area contributed by atoms with Crippen molar-refractivity contribution >= 4 is 6.41 Å². The molecule has 0 aliphatic carbocycles. The van der Waals surface area contributed by atoms with Gasteiger partial charge in [0.2, 0.25) is 6.41 Å². The van der Waals surface area contributed by atoms with Crippen LogP contribution in [0.15, 0.2) is 12.3 Å². The van der Waals surface area contributed by atoms with Gasteiger partial charge in [0.15, 0.2) is 5.82 Å². The molecular formula is C10H12N6O. The van der Waals surface area contributed by atoms with Crippen LogP contribution in [0.25, 0.3) is 5.82 Å². The number of hydrogen-bond donors (Lipinski definition) is 1. The minimum Gasteiger partial charge on any atom is -0.336 e. The van der Waals surface area contributed by atoms with Gasteiger partial charge in [0.25, 0.3) is 0 Å². The predicted octanol–water partition coefficient (Wildman–Crippen LogP) is 0.0659. The highest BCUT2D eigenvalue weighted by molar-refractivity contribution is 5.49. The average Bonchev–Trinajstić information content (AvgIpc) is 2.97. The third kappa shape index (κ3) is 1.42. The van der Waals surface area contributed by atoms with Crippen molar-refractivity contribution in [1.29, 1.82) is 0 Å². The van der Waals surface area contributed by atoms with Gasteiger partial charge in [-0.15, -0.1) is 5.10 Å². The molecule has 2 aromatic heterocycles. The topological polar surface area (TPSA) is 79.7 Å². The third-order valence-corrected chi connectivity index (χ3v) is 3.14. The number of nitrogens with zero attached hydrogens (tertiary/aromatic N) is 5. The zero-order valence-electron chi connectivity index (χ0n) is 9.37. The van der Waals surface area contributed by atoms with E-state index in [-0.39, 0.29) is 6.04 Å². The van der Waals surface area contributed by atoms with E-state index in [2.05, 4.69) is 20.5 Å². The van der Waals surface area contributed by atoms with Gasteiger partial charge in [0.05, 0.1) is 17.9 Å². The molecule has 3 rings (SSSR count). The Kier molecular flexibility index (Phi) is 2.17. The molecule has 1 aliphatic rings. The van der Waals surface area contributed by atoms with Crippen molar-refractivity contribution in [3.63, 3.8) is 0 Å². The highest BCUT2D eigenvalue weighted by atomic mass is 16.1. The van der Waals surface area contributed by atoms with E-state index in [4.69, 9.17) is 0 Å². The molecule has 1 N–H and O–H groups in total. The summed E-state index contributed by atoms with van der Waals surface area (Å²) in [7, 11) is 0. The first kappa shape index (κ1) is 10.0. The molecule has 0 radical (unpaired) electrons. The Hall–Kier alpha value is -2.18. The minimum absolute atomic E-state index is 0.0204. The fraction of sp³-hybridized carbons (Fsp3) is 0.400. The van der Waals surface area contributed by atoms with Gasteiger partial charge >= 0.3 is 0 Å². The fourth-order valence-corrected chi connectivity index (χ4v) is 2.16. The van der Waals surface area contributed by atoms with E-state index in [9.17, 15) is 4.79 Å². The molecule has 0 bridgehead atoms. The zero-order chi connectivity index (χ0) is 11.8. The number of fused-ring (bicyclic) bond motifs is 1. The normalized spacial score (nSPS) is 19.1. The van der Waals surface area contributed by atoms with Crippen molar-refractivity contribution in [1.82, 2.24) is 30.1 Å². The van der Waals surface area contributed by atoms with Crippen LogP contribution in [-0.4, -0.2) is 43.0 Å². The number of aromatic nitrogens is 5. The monoisotopic (exact) mass is 232 g/mol. The molecule has 1 atom stereocenters. The summed E-state index contributed by atoms with van der Waals surface area (Å²) in [5.74, 6) is 0.797. The summed E-state index contributed by atoms with van der Waals surface area (Å²) in [5, 5.41) is 15.0. The van der Waals surface area contributed by atoms with E-state index in [1.807, 2.05) is 13.0 Å². The Morgan fingerprint density at radius 3 is 3.18 bits per heavy atom. The Balaban J connectivity index is 2.05. The largest absolute Gasteiger partial charge is 0.336 e. The third-order valence-electron chi connectivity index (χ3n) is 3.14. The van der Waals surface area contributed by atoms with E-state index in [0.717, 1.165) is 30.0 Å². The Bertz CT molecular complexity index is 531. The van der Waals surface area contributed by atoms with Gasteiger partial charge in [-0.1, -0.05) is 5.21 Å². The summed E-state index contributed by atoms with van der Waals surface area (Å²) in [6.45, 7) is 2.65. The second-order valence-electron chi connectivity index (χ2n) is 4.04. The highest BCUT2D eigenvalue weighted by Crippen LogP contribution is 2.26. The quantitative estimate of drug-likeness (QED) is 0.743. The van der Waals surface area contributed by atoms with Gasteiger partial charge in [0.1, 0.15) is 5.69 Å². The molecule has 17 heavy (non-hydrogen) atoms. The molecule has 1 unspecified atom stereocenters. The maximum atomic E-state index is 10.9. The number of nitrogens with one attached hydrogen (secondary N) is 1. The molecule has 1 aliphatic heterocycles. The summed E-state index contributed by atoms with van der Waals surface area (Å²) in [6, 6.07) is 1.82. The highest BCUT2D eigenvalue weighted by Gasteiger charge is 2.28. The Morgan fingerprint density at radius 2 is 2.47 bits per heavy atom. The second-order valence-corrected chi connectivity index (χ2v) is 4.04. The van der Waals surface area contributed by atoms with Crippen LogP contribution < -0.4 is 0 Å². The van der Waals surface area contributed by atoms with Gasteiger partial charge in [0, 0.05) is 19.0 Å². The van der Waals surface area contributed by atoms with Gasteiger partial charge in [-0.3, -0.25) is 9.89 Å².